The molecule has 2 heterocycles. The number of esters is 1. The van der Waals surface area contributed by atoms with Gasteiger partial charge in [-0.2, -0.15) is 0 Å². The molecule has 1 aromatic rings. The lowest BCUT2D eigenvalue weighted by Gasteiger charge is -2.40. The van der Waals surface area contributed by atoms with Gasteiger partial charge in [0.05, 0.1) is 19.5 Å². The number of hydrogen-bond donors (Lipinski definition) is 0. The van der Waals surface area contributed by atoms with Gasteiger partial charge in [0.1, 0.15) is 11.4 Å². The summed E-state index contributed by atoms with van der Waals surface area (Å²) in [5, 5.41) is 0. The molecule has 1 aliphatic heterocycles. The maximum absolute atomic E-state index is 12.3. The lowest BCUT2D eigenvalue weighted by molar-refractivity contribution is -0.157. The zero-order valence-electron chi connectivity index (χ0n) is 12.4. The molecule has 1 aliphatic carbocycles. The summed E-state index contributed by atoms with van der Waals surface area (Å²) in [6, 6.07) is -0.127. The second kappa shape index (κ2) is 4.91. The van der Waals surface area contributed by atoms with Crippen molar-refractivity contribution in [2.75, 3.05) is 7.11 Å². The SMILES string of the molecule is COC1=CC2=C(CC=C1)C(=O)OC(C)(C)C2n1ccnc1. The number of aromatic nitrogens is 2. The Bertz CT molecular complexity index is 651. The van der Waals surface area contributed by atoms with Crippen LogP contribution in [0.4, 0.5) is 0 Å². The van der Waals surface area contributed by atoms with Gasteiger partial charge in [-0.3, -0.25) is 0 Å². The Morgan fingerprint density at radius 2 is 2.29 bits per heavy atom. The molecule has 1 aromatic heterocycles. The Labute approximate surface area is 123 Å². The van der Waals surface area contributed by atoms with Crippen LogP contribution in [-0.2, 0) is 14.3 Å². The zero-order chi connectivity index (χ0) is 15.0. The van der Waals surface area contributed by atoms with Crippen molar-refractivity contribution in [1.82, 2.24) is 9.55 Å². The smallest absolute Gasteiger partial charge is 0.335 e. The second-order valence-corrected chi connectivity index (χ2v) is 5.70. The predicted molar refractivity (Wildman–Crippen MR) is 77.3 cm³/mol. The van der Waals surface area contributed by atoms with Crippen molar-refractivity contribution in [3.05, 3.63) is 53.9 Å². The molecule has 1 atom stereocenters. The summed E-state index contributed by atoms with van der Waals surface area (Å²) in [6.07, 6.45) is 11.6. The maximum atomic E-state index is 12.3. The average molecular weight is 286 g/mol. The molecular weight excluding hydrogens is 268 g/mol. The van der Waals surface area contributed by atoms with E-state index in [1.807, 2.05) is 42.8 Å². The van der Waals surface area contributed by atoms with E-state index in [-0.39, 0.29) is 12.0 Å². The molecule has 0 saturated heterocycles. The van der Waals surface area contributed by atoms with Crippen LogP contribution in [0.5, 0.6) is 0 Å². The quantitative estimate of drug-likeness (QED) is 0.784. The van der Waals surface area contributed by atoms with Crippen molar-refractivity contribution in [3.63, 3.8) is 0 Å². The third kappa shape index (κ3) is 2.28. The van der Waals surface area contributed by atoms with Crippen LogP contribution in [0, 0.1) is 0 Å². The molecule has 0 radical (unpaired) electrons. The first-order valence-corrected chi connectivity index (χ1v) is 6.89. The third-order valence-electron chi connectivity index (χ3n) is 3.86. The molecule has 0 amide bonds. The van der Waals surface area contributed by atoms with Gasteiger partial charge >= 0.3 is 5.97 Å². The summed E-state index contributed by atoms with van der Waals surface area (Å²) < 4.78 is 13.0. The normalized spacial score (nSPS) is 24.0. The molecule has 5 nitrogen and oxygen atoms in total. The third-order valence-corrected chi connectivity index (χ3v) is 3.86. The molecule has 21 heavy (non-hydrogen) atoms. The molecule has 3 rings (SSSR count). The highest BCUT2D eigenvalue weighted by molar-refractivity contribution is 5.92. The van der Waals surface area contributed by atoms with Gasteiger partial charge in [-0.1, -0.05) is 6.08 Å². The monoisotopic (exact) mass is 286 g/mol. The van der Waals surface area contributed by atoms with Crippen molar-refractivity contribution in [3.8, 4) is 0 Å². The fourth-order valence-corrected chi connectivity index (χ4v) is 2.94. The van der Waals surface area contributed by atoms with Crippen LogP contribution in [0.25, 0.3) is 0 Å². The topological polar surface area (TPSA) is 53.4 Å². The molecule has 1 unspecified atom stereocenters. The molecule has 0 aromatic carbocycles. The number of carbonyl (C=O) groups excluding carboxylic acids is 1. The van der Waals surface area contributed by atoms with E-state index in [4.69, 9.17) is 9.47 Å². The summed E-state index contributed by atoms with van der Waals surface area (Å²) >= 11 is 0. The standard InChI is InChI=1S/C16H18N2O3/c1-16(2)14(18-8-7-17-10-18)13-9-11(20-3)5-4-6-12(13)15(19)21-16/h4-5,7-10,14H,6H2,1-3H3. The van der Waals surface area contributed by atoms with E-state index in [0.29, 0.717) is 12.0 Å². The van der Waals surface area contributed by atoms with E-state index in [1.165, 1.54) is 0 Å². The highest BCUT2D eigenvalue weighted by atomic mass is 16.6. The first kappa shape index (κ1) is 13.7. The fourth-order valence-electron chi connectivity index (χ4n) is 2.94. The highest BCUT2D eigenvalue weighted by Crippen LogP contribution is 2.42. The molecule has 0 spiro atoms. The first-order valence-electron chi connectivity index (χ1n) is 6.89. The number of methoxy groups -OCH3 is 1. The van der Waals surface area contributed by atoms with E-state index in [0.717, 1.165) is 11.3 Å². The summed E-state index contributed by atoms with van der Waals surface area (Å²) in [4.78, 5) is 16.4. The molecule has 5 heteroatoms. The van der Waals surface area contributed by atoms with Crippen LogP contribution in [0.3, 0.4) is 0 Å². The van der Waals surface area contributed by atoms with E-state index in [2.05, 4.69) is 4.98 Å². The van der Waals surface area contributed by atoms with Crippen LogP contribution in [0.2, 0.25) is 0 Å². The number of nitrogens with zero attached hydrogens (tertiary/aromatic N) is 2. The van der Waals surface area contributed by atoms with E-state index < -0.39 is 5.60 Å². The summed E-state index contributed by atoms with van der Waals surface area (Å²) in [5.41, 5.74) is 0.948. The van der Waals surface area contributed by atoms with E-state index in [1.54, 1.807) is 19.6 Å². The number of rotatable bonds is 2. The summed E-state index contributed by atoms with van der Waals surface area (Å²) in [7, 11) is 1.63. The highest BCUT2D eigenvalue weighted by Gasteiger charge is 2.43. The predicted octanol–water partition coefficient (Wildman–Crippen LogP) is 2.55. The van der Waals surface area contributed by atoms with E-state index >= 15 is 0 Å². The van der Waals surface area contributed by atoms with Gasteiger partial charge < -0.3 is 14.0 Å². The van der Waals surface area contributed by atoms with Gasteiger partial charge in [-0.25, -0.2) is 9.78 Å². The van der Waals surface area contributed by atoms with Gasteiger partial charge in [0.2, 0.25) is 0 Å². The van der Waals surface area contributed by atoms with Gasteiger partial charge in [-0.05, 0) is 38.0 Å². The number of allylic oxidation sites excluding steroid dienone is 3. The summed E-state index contributed by atoms with van der Waals surface area (Å²) in [5.74, 6) is 0.472. The van der Waals surface area contributed by atoms with Gasteiger partial charge in [0.25, 0.3) is 0 Å². The number of imidazole rings is 1. The Kier molecular flexibility index (Phi) is 3.20. The average Bonchev–Trinajstić information content (AvgIpc) is 2.83. The van der Waals surface area contributed by atoms with Crippen LogP contribution in [-0.4, -0.2) is 28.2 Å². The Hall–Kier alpha value is -2.30. The number of ether oxygens (including phenoxy) is 2. The first-order chi connectivity index (χ1) is 10.0. The number of cyclic esters (lactones) is 1. The Morgan fingerprint density at radius 1 is 1.48 bits per heavy atom. The Morgan fingerprint density at radius 3 is 2.95 bits per heavy atom. The van der Waals surface area contributed by atoms with Gasteiger partial charge in [0, 0.05) is 18.0 Å². The minimum atomic E-state index is -0.656. The van der Waals surface area contributed by atoms with Gasteiger partial charge in [-0.15, -0.1) is 0 Å². The molecule has 110 valence electrons. The number of carbonyl (C=O) groups is 1. The second-order valence-electron chi connectivity index (χ2n) is 5.70. The van der Waals surface area contributed by atoms with Gasteiger partial charge in [0.15, 0.2) is 0 Å². The van der Waals surface area contributed by atoms with Crippen molar-refractivity contribution in [2.24, 2.45) is 0 Å². The van der Waals surface area contributed by atoms with Crippen molar-refractivity contribution < 1.29 is 14.3 Å². The molecule has 0 fully saturated rings. The summed E-state index contributed by atoms with van der Waals surface area (Å²) in [6.45, 7) is 3.83. The minimum Gasteiger partial charge on any atom is -0.497 e. The van der Waals surface area contributed by atoms with Crippen LogP contribution >= 0.6 is 0 Å². The Balaban J connectivity index is 2.19. The lowest BCUT2D eigenvalue weighted by Crippen LogP contribution is -2.43. The van der Waals surface area contributed by atoms with E-state index in [9.17, 15) is 4.79 Å². The molecule has 0 N–H and O–H groups in total. The van der Waals surface area contributed by atoms with Crippen molar-refractivity contribution >= 4 is 5.97 Å². The number of hydrogen-bond acceptors (Lipinski definition) is 4. The van der Waals surface area contributed by atoms with Crippen LogP contribution in [0.1, 0.15) is 26.3 Å². The van der Waals surface area contributed by atoms with Crippen molar-refractivity contribution in [2.45, 2.75) is 31.9 Å². The fraction of sp³-hybridized carbons (Fsp3) is 0.375. The van der Waals surface area contributed by atoms with Crippen molar-refractivity contribution in [1.29, 1.82) is 0 Å². The minimum absolute atomic E-state index is 0.127. The van der Waals surface area contributed by atoms with Crippen LogP contribution in [0.15, 0.2) is 53.9 Å². The lowest BCUT2D eigenvalue weighted by atomic mass is 9.84. The zero-order valence-corrected chi connectivity index (χ0v) is 12.4. The maximum Gasteiger partial charge on any atom is 0.335 e. The molecule has 0 saturated carbocycles. The molecular formula is C16H18N2O3. The largest absolute Gasteiger partial charge is 0.497 e. The molecule has 0 bridgehead atoms. The molecule has 2 aliphatic rings. The van der Waals surface area contributed by atoms with Crippen LogP contribution < -0.4 is 0 Å².